The first-order chi connectivity index (χ1) is 14.3. The van der Waals surface area contributed by atoms with Crippen LogP contribution in [0.2, 0.25) is 0 Å². The van der Waals surface area contributed by atoms with Crippen LogP contribution in [0.4, 0.5) is 4.79 Å². The van der Waals surface area contributed by atoms with E-state index in [1.807, 2.05) is 60.7 Å². The van der Waals surface area contributed by atoms with E-state index in [0.29, 0.717) is 6.54 Å². The van der Waals surface area contributed by atoms with Crippen molar-refractivity contribution in [2.75, 3.05) is 6.54 Å². The van der Waals surface area contributed by atoms with Crippen LogP contribution in [0.1, 0.15) is 30.3 Å². The molecule has 2 aromatic heterocycles. The van der Waals surface area contributed by atoms with E-state index < -0.39 is 0 Å². The summed E-state index contributed by atoms with van der Waals surface area (Å²) in [6, 6.07) is 19.4. The van der Waals surface area contributed by atoms with E-state index in [1.54, 1.807) is 11.2 Å². The van der Waals surface area contributed by atoms with Crippen LogP contribution >= 0.6 is 0 Å². The molecule has 3 heterocycles. The predicted molar refractivity (Wildman–Crippen MR) is 109 cm³/mol. The van der Waals surface area contributed by atoms with Gasteiger partial charge in [-0.25, -0.2) is 9.78 Å². The smallest absolute Gasteiger partial charge is 0.410 e. The number of aromatic amines is 1. The summed E-state index contributed by atoms with van der Waals surface area (Å²) in [5.74, 6) is 1.61. The van der Waals surface area contributed by atoms with Crippen molar-refractivity contribution in [3.8, 4) is 11.3 Å². The highest BCUT2D eigenvalue weighted by molar-refractivity contribution is 5.81. The maximum Gasteiger partial charge on any atom is 0.410 e. The summed E-state index contributed by atoms with van der Waals surface area (Å²) >= 11 is 0. The lowest BCUT2D eigenvalue weighted by Crippen LogP contribution is -2.31. The van der Waals surface area contributed by atoms with E-state index >= 15 is 0 Å². The number of aromatic nitrogens is 2. The lowest BCUT2D eigenvalue weighted by molar-refractivity contribution is 0.0910. The van der Waals surface area contributed by atoms with Crippen LogP contribution in [0.3, 0.4) is 0 Å². The van der Waals surface area contributed by atoms with Gasteiger partial charge in [-0.2, -0.15) is 0 Å². The molecule has 0 saturated carbocycles. The van der Waals surface area contributed by atoms with E-state index in [2.05, 4.69) is 4.98 Å². The minimum Gasteiger partial charge on any atom is -0.464 e. The van der Waals surface area contributed by atoms with Crippen molar-refractivity contribution >= 4 is 17.1 Å². The van der Waals surface area contributed by atoms with Crippen molar-refractivity contribution in [3.63, 3.8) is 0 Å². The average Bonchev–Trinajstić information content (AvgIpc) is 3.52. The fourth-order valence-corrected chi connectivity index (χ4v) is 3.85. The molecule has 6 heteroatoms. The number of nitrogens with one attached hydrogen (secondary N) is 1. The van der Waals surface area contributed by atoms with Crippen LogP contribution < -0.4 is 0 Å². The number of ether oxygens (including phenoxy) is 1. The quantitative estimate of drug-likeness (QED) is 0.516. The summed E-state index contributed by atoms with van der Waals surface area (Å²) in [6.45, 7) is 0.947. The van der Waals surface area contributed by atoms with Crippen LogP contribution in [0.5, 0.6) is 0 Å². The molecule has 1 N–H and O–H groups in total. The van der Waals surface area contributed by atoms with Gasteiger partial charge in [-0.15, -0.1) is 0 Å². The summed E-state index contributed by atoms with van der Waals surface area (Å²) in [5, 5.41) is 0. The molecule has 1 aliphatic heterocycles. The SMILES string of the molecule is O=C(OCc1ccccc1)N1CCC[C@@H]1c1nc2ccc(-c3ccco3)cc2[nH]1. The number of H-pyrrole nitrogens is 1. The summed E-state index contributed by atoms with van der Waals surface area (Å²) in [5.41, 5.74) is 3.77. The van der Waals surface area contributed by atoms with Gasteiger partial charge in [0, 0.05) is 12.1 Å². The molecular formula is C23H21N3O3. The number of hydrogen-bond donors (Lipinski definition) is 1. The molecule has 0 bridgehead atoms. The number of carbonyl (C=O) groups is 1. The average molecular weight is 387 g/mol. The third kappa shape index (κ3) is 3.49. The van der Waals surface area contributed by atoms with Crippen LogP contribution in [-0.2, 0) is 11.3 Å². The van der Waals surface area contributed by atoms with Crippen molar-refractivity contribution in [3.05, 3.63) is 78.3 Å². The van der Waals surface area contributed by atoms with Crippen molar-refractivity contribution in [1.82, 2.24) is 14.9 Å². The zero-order chi connectivity index (χ0) is 19.6. The zero-order valence-electron chi connectivity index (χ0n) is 15.9. The Kier molecular flexibility index (Phi) is 4.52. The first-order valence-electron chi connectivity index (χ1n) is 9.79. The molecule has 1 atom stereocenters. The third-order valence-corrected chi connectivity index (χ3v) is 5.31. The molecule has 6 nitrogen and oxygen atoms in total. The number of likely N-dealkylation sites (tertiary alicyclic amines) is 1. The van der Waals surface area contributed by atoms with Gasteiger partial charge < -0.3 is 14.1 Å². The highest BCUT2D eigenvalue weighted by atomic mass is 16.6. The maximum absolute atomic E-state index is 12.7. The van der Waals surface area contributed by atoms with Crippen molar-refractivity contribution in [1.29, 1.82) is 0 Å². The standard InChI is InChI=1S/C23H21N3O3/c27-23(29-15-16-6-2-1-3-7-16)26-12-4-8-20(26)22-24-18-11-10-17(14-19(18)25-22)21-9-5-13-28-21/h1-3,5-7,9-11,13-14,20H,4,8,12,15H2,(H,24,25)/t20-/m1/s1. The van der Waals surface area contributed by atoms with Gasteiger partial charge in [-0.3, -0.25) is 4.90 Å². The monoisotopic (exact) mass is 387 g/mol. The molecule has 4 aromatic rings. The van der Waals surface area contributed by atoms with E-state index in [1.165, 1.54) is 0 Å². The highest BCUT2D eigenvalue weighted by Crippen LogP contribution is 2.33. The number of fused-ring (bicyclic) bond motifs is 1. The molecule has 0 aliphatic carbocycles. The highest BCUT2D eigenvalue weighted by Gasteiger charge is 2.33. The summed E-state index contributed by atoms with van der Waals surface area (Å²) in [6.07, 6.45) is 3.16. The fraction of sp³-hybridized carbons (Fsp3) is 0.217. The first-order valence-corrected chi connectivity index (χ1v) is 9.79. The Morgan fingerprint density at radius 3 is 2.90 bits per heavy atom. The number of rotatable bonds is 4. The molecule has 0 radical (unpaired) electrons. The molecule has 0 spiro atoms. The molecular weight excluding hydrogens is 366 g/mol. The number of imidazole rings is 1. The zero-order valence-corrected chi connectivity index (χ0v) is 15.9. The number of nitrogens with zero attached hydrogens (tertiary/aromatic N) is 2. The molecule has 5 rings (SSSR count). The normalized spacial score (nSPS) is 16.4. The lowest BCUT2D eigenvalue weighted by atomic mass is 10.1. The number of benzene rings is 2. The van der Waals surface area contributed by atoms with Gasteiger partial charge in [0.05, 0.1) is 23.3 Å². The second-order valence-corrected chi connectivity index (χ2v) is 7.22. The van der Waals surface area contributed by atoms with Crippen molar-refractivity contribution in [2.45, 2.75) is 25.5 Å². The number of hydrogen-bond acceptors (Lipinski definition) is 4. The largest absolute Gasteiger partial charge is 0.464 e. The van der Waals surface area contributed by atoms with Crippen LogP contribution in [0.25, 0.3) is 22.4 Å². The number of furan rings is 1. The Balaban J connectivity index is 1.35. The Labute approximate surface area is 168 Å². The minimum atomic E-state index is -0.298. The van der Waals surface area contributed by atoms with E-state index in [4.69, 9.17) is 14.1 Å². The predicted octanol–water partition coefficient (Wildman–Crippen LogP) is 5.30. The third-order valence-electron chi connectivity index (χ3n) is 5.31. The summed E-state index contributed by atoms with van der Waals surface area (Å²) in [4.78, 5) is 22.6. The van der Waals surface area contributed by atoms with Crippen LogP contribution in [0, 0.1) is 0 Å². The van der Waals surface area contributed by atoms with E-state index in [0.717, 1.165) is 46.6 Å². The topological polar surface area (TPSA) is 71.4 Å². The molecule has 29 heavy (non-hydrogen) atoms. The fourth-order valence-electron chi connectivity index (χ4n) is 3.85. The molecule has 1 fully saturated rings. The number of carbonyl (C=O) groups excluding carboxylic acids is 1. The van der Waals surface area contributed by atoms with E-state index in [-0.39, 0.29) is 18.7 Å². The van der Waals surface area contributed by atoms with Gasteiger partial charge in [0.2, 0.25) is 0 Å². The second kappa shape index (κ2) is 7.47. The maximum atomic E-state index is 12.7. The molecule has 1 aliphatic rings. The molecule has 0 unspecified atom stereocenters. The molecule has 146 valence electrons. The second-order valence-electron chi connectivity index (χ2n) is 7.22. The molecule has 2 aromatic carbocycles. The molecule has 1 saturated heterocycles. The summed E-state index contributed by atoms with van der Waals surface area (Å²) < 4.78 is 11.0. The van der Waals surface area contributed by atoms with Crippen LogP contribution in [-0.4, -0.2) is 27.5 Å². The van der Waals surface area contributed by atoms with Crippen molar-refractivity contribution < 1.29 is 13.9 Å². The van der Waals surface area contributed by atoms with Crippen LogP contribution in [0.15, 0.2) is 71.3 Å². The van der Waals surface area contributed by atoms with Gasteiger partial charge in [-0.05, 0) is 48.7 Å². The van der Waals surface area contributed by atoms with Gasteiger partial charge >= 0.3 is 6.09 Å². The minimum absolute atomic E-state index is 0.0993. The Morgan fingerprint density at radius 1 is 1.17 bits per heavy atom. The molecule has 1 amide bonds. The van der Waals surface area contributed by atoms with Gasteiger partial charge in [0.1, 0.15) is 18.2 Å². The van der Waals surface area contributed by atoms with E-state index in [9.17, 15) is 4.79 Å². The Morgan fingerprint density at radius 2 is 2.07 bits per heavy atom. The number of amides is 1. The summed E-state index contributed by atoms with van der Waals surface area (Å²) in [7, 11) is 0. The van der Waals surface area contributed by atoms with Crippen molar-refractivity contribution in [2.24, 2.45) is 0 Å². The Hall–Kier alpha value is -3.54. The van der Waals surface area contributed by atoms with Gasteiger partial charge in [0.15, 0.2) is 0 Å². The van der Waals surface area contributed by atoms with Gasteiger partial charge in [0.25, 0.3) is 0 Å². The lowest BCUT2D eigenvalue weighted by Gasteiger charge is -2.22. The first kappa shape index (κ1) is 17.6. The van der Waals surface area contributed by atoms with Gasteiger partial charge in [-0.1, -0.05) is 30.3 Å². The Bertz CT molecular complexity index is 1120.